The van der Waals surface area contributed by atoms with Crippen LogP contribution in [0.2, 0.25) is 0 Å². The number of hydrogen-bond acceptors (Lipinski definition) is 4. The zero-order valence-electron chi connectivity index (χ0n) is 15.7. The van der Waals surface area contributed by atoms with E-state index in [-0.39, 0.29) is 12.6 Å². The molecule has 1 aromatic carbocycles. The van der Waals surface area contributed by atoms with Crippen molar-refractivity contribution in [2.24, 2.45) is 0 Å². The van der Waals surface area contributed by atoms with Crippen LogP contribution in [0.5, 0.6) is 0 Å². The fraction of sp³-hybridized carbons (Fsp3) is 0.444. The summed E-state index contributed by atoms with van der Waals surface area (Å²) < 4.78 is 66.7. The normalized spacial score (nSPS) is 17.0. The van der Waals surface area contributed by atoms with Crippen molar-refractivity contribution in [3.05, 3.63) is 52.3 Å². The average Bonchev–Trinajstić information content (AvgIpc) is 3.17. The summed E-state index contributed by atoms with van der Waals surface area (Å²) in [6.07, 6.45) is -3.00. The third kappa shape index (κ3) is 4.61. The highest BCUT2D eigenvalue weighted by molar-refractivity contribution is 7.90. The maximum absolute atomic E-state index is 13.0. The Hall–Kier alpha value is -2.40. The molecule has 1 aliphatic carbocycles. The largest absolute Gasteiger partial charge is 0.478 e. The zero-order valence-corrected chi connectivity index (χ0v) is 16.5. The Morgan fingerprint density at radius 3 is 2.52 bits per heavy atom. The molecule has 11 heteroatoms. The van der Waals surface area contributed by atoms with E-state index in [1.54, 1.807) is 32.0 Å². The lowest BCUT2D eigenvalue weighted by atomic mass is 10.1. The van der Waals surface area contributed by atoms with Gasteiger partial charge in [-0.05, 0) is 43.4 Å². The van der Waals surface area contributed by atoms with Gasteiger partial charge >= 0.3 is 12.1 Å². The minimum absolute atomic E-state index is 0.0357. The summed E-state index contributed by atoms with van der Waals surface area (Å²) in [4.78, 5) is 11.1. The first-order chi connectivity index (χ1) is 13.4. The fourth-order valence-electron chi connectivity index (χ4n) is 3.28. The minimum Gasteiger partial charge on any atom is -0.478 e. The van der Waals surface area contributed by atoms with Gasteiger partial charge in [0.15, 0.2) is 5.69 Å². The first kappa shape index (κ1) is 21.3. The van der Waals surface area contributed by atoms with Crippen LogP contribution in [0.15, 0.2) is 24.4 Å². The van der Waals surface area contributed by atoms with E-state index >= 15 is 0 Å². The Bertz CT molecular complexity index is 1050. The molecule has 158 valence electrons. The third-order valence-electron chi connectivity index (χ3n) is 4.76. The third-order valence-corrected chi connectivity index (χ3v) is 6.66. The highest BCUT2D eigenvalue weighted by atomic mass is 32.2. The van der Waals surface area contributed by atoms with Crippen molar-refractivity contribution in [2.75, 3.05) is 0 Å². The summed E-state index contributed by atoms with van der Waals surface area (Å²) in [6, 6.07) is 5.04. The lowest BCUT2D eigenvalue weighted by Gasteiger charge is -2.14. The molecule has 7 nitrogen and oxygen atoms in total. The standard InChI is InChI=1S/C18H20F3N3O4S/c1-10(2)29(27,28)23-14-6-12-4-3-11(5-13(12)7-14)8-24-9-15(17(25)26)16(22-24)18(19,20)21/h3-5,9-10,14,23H,6-8H2,1-2H3,(H,25,26). The molecule has 0 saturated carbocycles. The Kier molecular flexibility index (Phi) is 5.48. The molecule has 29 heavy (non-hydrogen) atoms. The van der Waals surface area contributed by atoms with E-state index in [9.17, 15) is 26.4 Å². The number of rotatable bonds is 6. The fourth-order valence-corrected chi connectivity index (χ4v) is 4.18. The Morgan fingerprint density at radius 2 is 1.97 bits per heavy atom. The van der Waals surface area contributed by atoms with Crippen LogP contribution in [0.25, 0.3) is 0 Å². The van der Waals surface area contributed by atoms with Crippen molar-refractivity contribution in [2.45, 2.75) is 50.7 Å². The van der Waals surface area contributed by atoms with Crippen LogP contribution in [0.4, 0.5) is 13.2 Å². The van der Waals surface area contributed by atoms with Crippen LogP contribution in [-0.2, 0) is 35.6 Å². The molecule has 0 spiro atoms. The van der Waals surface area contributed by atoms with Crippen LogP contribution in [0.3, 0.4) is 0 Å². The number of hydrogen-bond donors (Lipinski definition) is 2. The van der Waals surface area contributed by atoms with Crippen LogP contribution in [0, 0.1) is 0 Å². The van der Waals surface area contributed by atoms with Crippen LogP contribution < -0.4 is 4.72 Å². The maximum atomic E-state index is 13.0. The van der Waals surface area contributed by atoms with Gasteiger partial charge in [-0.3, -0.25) is 4.68 Å². The van der Waals surface area contributed by atoms with E-state index in [2.05, 4.69) is 9.82 Å². The SMILES string of the molecule is CC(C)S(=O)(=O)NC1Cc2ccc(Cn3cc(C(=O)O)c(C(F)(F)F)n3)cc2C1. The highest BCUT2D eigenvalue weighted by Gasteiger charge is 2.39. The number of nitrogens with zero attached hydrogens (tertiary/aromatic N) is 2. The number of aromatic nitrogens is 2. The molecule has 0 saturated heterocycles. The van der Waals surface area contributed by atoms with Crippen molar-refractivity contribution >= 4 is 16.0 Å². The molecule has 0 fully saturated rings. The molecule has 3 rings (SSSR count). The Balaban J connectivity index is 1.78. The van der Waals surface area contributed by atoms with Gasteiger partial charge in [0.05, 0.1) is 11.8 Å². The predicted molar refractivity (Wildman–Crippen MR) is 98.1 cm³/mol. The van der Waals surface area contributed by atoms with Crippen molar-refractivity contribution in [1.29, 1.82) is 0 Å². The van der Waals surface area contributed by atoms with Gasteiger partial charge in [-0.15, -0.1) is 0 Å². The molecule has 2 aromatic rings. The number of halogens is 3. The first-order valence-electron chi connectivity index (χ1n) is 8.86. The van der Waals surface area contributed by atoms with Gasteiger partial charge in [-0.1, -0.05) is 18.2 Å². The van der Waals surface area contributed by atoms with Crippen LogP contribution >= 0.6 is 0 Å². The smallest absolute Gasteiger partial charge is 0.436 e. The molecule has 2 N–H and O–H groups in total. The van der Waals surface area contributed by atoms with Gasteiger partial charge in [-0.2, -0.15) is 18.3 Å². The van der Waals surface area contributed by atoms with Crippen LogP contribution in [-0.4, -0.2) is 40.6 Å². The lowest BCUT2D eigenvalue weighted by Crippen LogP contribution is -2.39. The Labute approximate surface area is 165 Å². The number of benzene rings is 1. The topological polar surface area (TPSA) is 101 Å². The number of carbonyl (C=O) groups is 1. The molecule has 0 radical (unpaired) electrons. The summed E-state index contributed by atoms with van der Waals surface area (Å²) in [5.41, 5.74) is 0.175. The maximum Gasteiger partial charge on any atom is 0.436 e. The summed E-state index contributed by atoms with van der Waals surface area (Å²) in [5, 5.41) is 11.8. The number of alkyl halides is 3. The summed E-state index contributed by atoms with van der Waals surface area (Å²) >= 11 is 0. The minimum atomic E-state index is -4.86. The number of aromatic carboxylic acids is 1. The first-order valence-corrected chi connectivity index (χ1v) is 10.4. The summed E-state index contributed by atoms with van der Waals surface area (Å²) in [6.45, 7) is 3.15. The summed E-state index contributed by atoms with van der Waals surface area (Å²) in [5.74, 6) is -1.70. The molecular formula is C18H20F3N3O4S. The molecule has 1 unspecified atom stereocenters. The van der Waals surface area contributed by atoms with Crippen molar-refractivity contribution < 1.29 is 31.5 Å². The van der Waals surface area contributed by atoms with E-state index < -0.39 is 38.7 Å². The van der Waals surface area contributed by atoms with Gasteiger partial charge in [0, 0.05) is 12.2 Å². The van der Waals surface area contributed by atoms with Crippen molar-refractivity contribution in [1.82, 2.24) is 14.5 Å². The highest BCUT2D eigenvalue weighted by Crippen LogP contribution is 2.31. The molecule has 1 aromatic heterocycles. The molecule has 0 bridgehead atoms. The second kappa shape index (κ2) is 7.45. The van der Waals surface area contributed by atoms with E-state index in [1.165, 1.54) is 0 Å². The second-order valence-corrected chi connectivity index (χ2v) is 9.58. The van der Waals surface area contributed by atoms with E-state index in [0.29, 0.717) is 18.4 Å². The second-order valence-electron chi connectivity index (χ2n) is 7.31. The number of carboxylic acids is 1. The predicted octanol–water partition coefficient (Wildman–Crippen LogP) is 2.44. The number of carboxylic acid groups (broad SMARTS) is 1. The van der Waals surface area contributed by atoms with Gasteiger partial charge in [0.1, 0.15) is 5.56 Å². The van der Waals surface area contributed by atoms with Gasteiger partial charge in [-0.25, -0.2) is 17.9 Å². The van der Waals surface area contributed by atoms with Crippen molar-refractivity contribution in [3.63, 3.8) is 0 Å². The molecular weight excluding hydrogens is 411 g/mol. The van der Waals surface area contributed by atoms with E-state index in [0.717, 1.165) is 22.0 Å². The molecule has 1 heterocycles. The van der Waals surface area contributed by atoms with Crippen molar-refractivity contribution in [3.8, 4) is 0 Å². The molecule has 1 aliphatic rings. The van der Waals surface area contributed by atoms with E-state index in [1.807, 2.05) is 0 Å². The number of sulfonamides is 1. The molecule has 0 aliphatic heterocycles. The average molecular weight is 431 g/mol. The zero-order chi connectivity index (χ0) is 21.6. The quantitative estimate of drug-likeness (QED) is 0.732. The number of nitrogens with one attached hydrogen (secondary N) is 1. The molecule has 0 amide bonds. The summed E-state index contributed by atoms with van der Waals surface area (Å²) in [7, 11) is -3.41. The van der Waals surface area contributed by atoms with Crippen LogP contribution in [0.1, 0.15) is 46.6 Å². The van der Waals surface area contributed by atoms with E-state index in [4.69, 9.17) is 5.11 Å². The van der Waals surface area contributed by atoms with Gasteiger partial charge in [0.25, 0.3) is 0 Å². The monoisotopic (exact) mass is 431 g/mol. The molecule has 1 atom stereocenters. The van der Waals surface area contributed by atoms with Gasteiger partial charge < -0.3 is 5.11 Å². The number of fused-ring (bicyclic) bond motifs is 1. The Morgan fingerprint density at radius 1 is 1.31 bits per heavy atom. The lowest BCUT2D eigenvalue weighted by molar-refractivity contribution is -0.142. The van der Waals surface area contributed by atoms with Gasteiger partial charge in [0.2, 0.25) is 10.0 Å².